The molecular formula is C30H39ClN4O. The Kier molecular flexibility index (Phi) is 8.00. The molecule has 6 heteroatoms. The smallest absolute Gasteiger partial charge is 0.119 e. The first kappa shape index (κ1) is 25.3. The number of allylic oxidation sites excluding steroid dienone is 1. The maximum absolute atomic E-state index is 6.33. The minimum absolute atomic E-state index is 0.182. The molecule has 0 radical (unpaired) electrons. The van der Waals surface area contributed by atoms with Gasteiger partial charge in [0.05, 0.1) is 17.9 Å². The number of rotatable bonds is 6. The van der Waals surface area contributed by atoms with Gasteiger partial charge >= 0.3 is 0 Å². The molecule has 36 heavy (non-hydrogen) atoms. The topological polar surface area (TPSA) is 40.1 Å². The molecule has 0 bridgehead atoms. The van der Waals surface area contributed by atoms with Crippen molar-refractivity contribution in [1.82, 2.24) is 15.2 Å². The fraction of sp³-hybridized carbons (Fsp3) is 0.500. The van der Waals surface area contributed by atoms with Crippen molar-refractivity contribution in [2.75, 3.05) is 33.2 Å². The van der Waals surface area contributed by atoms with Crippen molar-refractivity contribution in [3.63, 3.8) is 0 Å². The van der Waals surface area contributed by atoms with E-state index in [-0.39, 0.29) is 6.04 Å². The number of likely N-dealkylation sites (tertiary alicyclic amines) is 2. The molecule has 0 spiro atoms. The van der Waals surface area contributed by atoms with E-state index in [1.165, 1.54) is 24.1 Å². The fourth-order valence-corrected chi connectivity index (χ4v) is 5.90. The summed E-state index contributed by atoms with van der Waals surface area (Å²) in [4.78, 5) is 4.95. The lowest BCUT2D eigenvalue weighted by atomic mass is 9.83. The first-order valence-corrected chi connectivity index (χ1v) is 13.8. The van der Waals surface area contributed by atoms with E-state index >= 15 is 0 Å². The molecule has 2 fully saturated rings. The molecule has 3 aliphatic heterocycles. The highest BCUT2D eigenvalue weighted by Gasteiger charge is 2.28. The molecule has 0 aliphatic carbocycles. The van der Waals surface area contributed by atoms with Crippen LogP contribution in [0.1, 0.15) is 61.8 Å². The van der Waals surface area contributed by atoms with Gasteiger partial charge in [0.1, 0.15) is 5.75 Å². The van der Waals surface area contributed by atoms with Crippen LogP contribution in [0.4, 0.5) is 0 Å². The van der Waals surface area contributed by atoms with Gasteiger partial charge in [-0.15, -0.1) is 0 Å². The zero-order valence-corrected chi connectivity index (χ0v) is 22.4. The van der Waals surface area contributed by atoms with E-state index in [1.807, 2.05) is 12.1 Å². The van der Waals surface area contributed by atoms with Crippen molar-refractivity contribution in [1.29, 1.82) is 0 Å². The molecule has 2 unspecified atom stereocenters. The molecule has 192 valence electrons. The van der Waals surface area contributed by atoms with Crippen LogP contribution < -0.4 is 10.2 Å². The molecule has 2 saturated heterocycles. The lowest BCUT2D eigenvalue weighted by Crippen LogP contribution is -2.35. The first-order valence-electron chi connectivity index (χ1n) is 13.4. The summed E-state index contributed by atoms with van der Waals surface area (Å²) < 4.78 is 6.29. The van der Waals surface area contributed by atoms with Gasteiger partial charge in [0.2, 0.25) is 0 Å². The average Bonchev–Trinajstić information content (AvgIpc) is 3.09. The van der Waals surface area contributed by atoms with Gasteiger partial charge in [-0.2, -0.15) is 5.10 Å². The number of halogens is 1. The highest BCUT2D eigenvalue weighted by Crippen LogP contribution is 2.33. The Bertz CT molecular complexity index is 1090. The number of fused-ring (bicyclic) bond motifs is 1. The number of hydrogen-bond acceptors (Lipinski definition) is 5. The van der Waals surface area contributed by atoms with Crippen LogP contribution in [-0.4, -0.2) is 54.8 Å². The second kappa shape index (κ2) is 11.4. The fourth-order valence-electron chi connectivity index (χ4n) is 5.73. The summed E-state index contributed by atoms with van der Waals surface area (Å²) in [5.74, 6) is 1.44. The van der Waals surface area contributed by atoms with Crippen LogP contribution in [0.2, 0.25) is 5.02 Å². The SMILES string of the molecule is C=C(C1=NNC(C)c2ccc(Cl)cc21)C1CCN(Cc2ccc(OC3CCCN(C)CC3)cc2)CC1. The number of benzene rings is 2. The Balaban J connectivity index is 1.13. The lowest BCUT2D eigenvalue weighted by molar-refractivity contribution is 0.182. The largest absolute Gasteiger partial charge is 0.490 e. The Morgan fingerprint density at radius 3 is 2.61 bits per heavy atom. The van der Waals surface area contributed by atoms with Gasteiger partial charge in [-0.05, 0) is 113 Å². The highest BCUT2D eigenvalue weighted by atomic mass is 35.5. The number of piperidine rings is 1. The van der Waals surface area contributed by atoms with Gasteiger partial charge < -0.3 is 15.1 Å². The van der Waals surface area contributed by atoms with Crippen LogP contribution in [0.3, 0.4) is 0 Å². The Morgan fingerprint density at radius 2 is 1.83 bits per heavy atom. The van der Waals surface area contributed by atoms with Gasteiger partial charge in [0.25, 0.3) is 0 Å². The van der Waals surface area contributed by atoms with Crippen molar-refractivity contribution < 1.29 is 4.74 Å². The molecule has 3 heterocycles. The molecule has 3 aliphatic rings. The Labute approximate surface area is 221 Å². The second-order valence-electron chi connectivity index (χ2n) is 10.7. The first-order chi connectivity index (χ1) is 17.5. The average molecular weight is 507 g/mol. The van der Waals surface area contributed by atoms with Crippen molar-refractivity contribution in [3.8, 4) is 5.75 Å². The molecule has 0 amide bonds. The molecular weight excluding hydrogens is 468 g/mol. The summed E-state index contributed by atoms with van der Waals surface area (Å²) in [5.41, 5.74) is 9.07. The predicted octanol–water partition coefficient (Wildman–Crippen LogP) is 6.04. The normalized spacial score (nSPS) is 23.8. The minimum Gasteiger partial charge on any atom is -0.490 e. The molecule has 1 N–H and O–H groups in total. The van der Waals surface area contributed by atoms with Crippen molar-refractivity contribution in [2.45, 2.75) is 57.7 Å². The van der Waals surface area contributed by atoms with E-state index in [0.717, 1.165) is 79.5 Å². The molecule has 2 atom stereocenters. The van der Waals surface area contributed by atoms with Crippen LogP contribution in [-0.2, 0) is 6.54 Å². The molecule has 0 saturated carbocycles. The summed E-state index contributed by atoms with van der Waals surface area (Å²) in [6, 6.07) is 15.0. The number of nitrogens with zero attached hydrogens (tertiary/aromatic N) is 3. The third kappa shape index (κ3) is 5.96. The van der Waals surface area contributed by atoms with Crippen LogP contribution in [0.15, 0.2) is 59.7 Å². The molecule has 2 aromatic carbocycles. The van der Waals surface area contributed by atoms with Gasteiger partial charge in [-0.1, -0.05) is 36.4 Å². The third-order valence-electron chi connectivity index (χ3n) is 8.02. The van der Waals surface area contributed by atoms with Gasteiger partial charge in [-0.3, -0.25) is 4.90 Å². The van der Waals surface area contributed by atoms with E-state index < -0.39 is 0 Å². The monoisotopic (exact) mass is 506 g/mol. The van der Waals surface area contributed by atoms with Crippen LogP contribution in [0, 0.1) is 5.92 Å². The molecule has 5 rings (SSSR count). The van der Waals surface area contributed by atoms with Crippen LogP contribution in [0.5, 0.6) is 5.75 Å². The van der Waals surface area contributed by atoms with Gasteiger partial charge in [0.15, 0.2) is 0 Å². The number of nitrogens with one attached hydrogen (secondary N) is 1. The van der Waals surface area contributed by atoms with E-state index in [2.05, 4.69) is 66.1 Å². The van der Waals surface area contributed by atoms with Crippen molar-refractivity contribution >= 4 is 17.3 Å². The van der Waals surface area contributed by atoms with E-state index in [1.54, 1.807) is 0 Å². The maximum atomic E-state index is 6.33. The second-order valence-corrected chi connectivity index (χ2v) is 11.2. The summed E-state index contributed by atoms with van der Waals surface area (Å²) in [7, 11) is 2.20. The van der Waals surface area contributed by atoms with E-state index in [0.29, 0.717) is 12.0 Å². The van der Waals surface area contributed by atoms with Crippen molar-refractivity contribution in [2.24, 2.45) is 11.0 Å². The minimum atomic E-state index is 0.182. The molecule has 5 nitrogen and oxygen atoms in total. The van der Waals surface area contributed by atoms with Crippen molar-refractivity contribution in [3.05, 3.63) is 76.3 Å². The van der Waals surface area contributed by atoms with Crippen LogP contribution >= 0.6 is 11.6 Å². The Hall–Kier alpha value is -2.34. The number of hydrazone groups is 1. The quantitative estimate of drug-likeness (QED) is 0.518. The predicted molar refractivity (Wildman–Crippen MR) is 149 cm³/mol. The Morgan fingerprint density at radius 1 is 1.06 bits per heavy atom. The van der Waals surface area contributed by atoms with E-state index in [4.69, 9.17) is 21.4 Å². The lowest BCUT2D eigenvalue weighted by Gasteiger charge is -2.34. The summed E-state index contributed by atoms with van der Waals surface area (Å²) in [6.45, 7) is 12.0. The number of ether oxygens (including phenoxy) is 1. The van der Waals surface area contributed by atoms with Gasteiger partial charge in [0, 0.05) is 23.7 Å². The summed E-state index contributed by atoms with van der Waals surface area (Å²) >= 11 is 6.33. The highest BCUT2D eigenvalue weighted by molar-refractivity contribution is 6.31. The van der Waals surface area contributed by atoms with E-state index in [9.17, 15) is 0 Å². The van der Waals surface area contributed by atoms with Gasteiger partial charge in [-0.25, -0.2) is 0 Å². The summed E-state index contributed by atoms with van der Waals surface area (Å²) in [6.07, 6.45) is 6.00. The standard InChI is InChI=1S/C30H39ClN4O/c1-21(30-29-19-25(31)8-11-28(29)22(2)32-33-30)24-12-17-35(18-13-24)20-23-6-9-27(10-7-23)36-26-5-4-15-34(3)16-14-26/h6-11,19,22,24,26,32H,1,4-5,12-18,20H2,2-3H3. The maximum Gasteiger partial charge on any atom is 0.119 e. The molecule has 2 aromatic rings. The third-order valence-corrected chi connectivity index (χ3v) is 8.26. The zero-order chi connectivity index (χ0) is 25.1. The zero-order valence-electron chi connectivity index (χ0n) is 21.7. The summed E-state index contributed by atoms with van der Waals surface area (Å²) in [5, 5.41) is 5.44. The van der Waals surface area contributed by atoms with Crippen LogP contribution in [0.25, 0.3) is 0 Å². The molecule has 0 aromatic heterocycles. The number of hydrogen-bond donors (Lipinski definition) is 1.